The van der Waals surface area contributed by atoms with Crippen LogP contribution in [-0.2, 0) is 6.42 Å². The Labute approximate surface area is 106 Å². The van der Waals surface area contributed by atoms with Crippen LogP contribution in [0.15, 0.2) is 12.1 Å². The summed E-state index contributed by atoms with van der Waals surface area (Å²) in [6.07, 6.45) is 2.02. The van der Waals surface area contributed by atoms with E-state index >= 15 is 0 Å². The Bertz CT molecular complexity index is 393. The van der Waals surface area contributed by atoms with Gasteiger partial charge in [-0.2, -0.15) is 0 Å². The maximum Gasteiger partial charge on any atom is 0.0643 e. The molecule has 0 fully saturated rings. The van der Waals surface area contributed by atoms with E-state index in [1.54, 1.807) is 0 Å². The van der Waals surface area contributed by atoms with Gasteiger partial charge in [0.05, 0.1) is 10.7 Å². The van der Waals surface area contributed by atoms with Crippen LogP contribution in [0.3, 0.4) is 0 Å². The average molecular weight is 259 g/mol. The van der Waals surface area contributed by atoms with Crippen LogP contribution in [0.5, 0.6) is 0 Å². The minimum absolute atomic E-state index is 0.582. The number of nitrogens with two attached hydrogens (primary N) is 1. The molecule has 16 heavy (non-hydrogen) atoms. The highest BCUT2D eigenvalue weighted by Gasteiger charge is 2.25. The summed E-state index contributed by atoms with van der Waals surface area (Å²) in [5.41, 5.74) is 7.87. The zero-order valence-corrected chi connectivity index (χ0v) is 10.9. The molecule has 0 amide bonds. The van der Waals surface area contributed by atoms with Gasteiger partial charge < -0.3 is 10.6 Å². The molecule has 0 saturated heterocycles. The first-order chi connectivity index (χ1) is 7.63. The number of rotatable bonds is 2. The summed E-state index contributed by atoms with van der Waals surface area (Å²) < 4.78 is 0. The molecular weight excluding hydrogens is 243 g/mol. The number of benzene rings is 1. The number of hydrogen-bond acceptors (Lipinski definition) is 2. The van der Waals surface area contributed by atoms with E-state index in [4.69, 9.17) is 28.9 Å². The second kappa shape index (κ2) is 4.82. The van der Waals surface area contributed by atoms with E-state index in [-0.39, 0.29) is 0 Å². The number of anilines is 1. The Morgan fingerprint density at radius 2 is 2.06 bits per heavy atom. The monoisotopic (exact) mass is 258 g/mol. The molecule has 1 unspecified atom stereocenters. The fraction of sp³-hybridized carbons (Fsp3) is 0.500. The van der Waals surface area contributed by atoms with Gasteiger partial charge in [0.1, 0.15) is 0 Å². The van der Waals surface area contributed by atoms with Crippen molar-refractivity contribution in [1.29, 1.82) is 0 Å². The van der Waals surface area contributed by atoms with Crippen LogP contribution in [0, 0.1) is 5.92 Å². The maximum absolute atomic E-state index is 6.23. The summed E-state index contributed by atoms with van der Waals surface area (Å²) in [5, 5.41) is 1.60. The minimum atomic E-state index is 0.582. The lowest BCUT2D eigenvalue weighted by Gasteiger charge is -2.34. The summed E-state index contributed by atoms with van der Waals surface area (Å²) in [7, 11) is 2.06. The lowest BCUT2D eigenvalue weighted by molar-refractivity contribution is 0.474. The highest BCUT2D eigenvalue weighted by molar-refractivity contribution is 6.36. The fourth-order valence-corrected chi connectivity index (χ4v) is 3.00. The Balaban J connectivity index is 2.38. The lowest BCUT2D eigenvalue weighted by Crippen LogP contribution is -2.33. The van der Waals surface area contributed by atoms with Gasteiger partial charge in [0.25, 0.3) is 0 Å². The molecule has 1 aliphatic heterocycles. The van der Waals surface area contributed by atoms with E-state index in [9.17, 15) is 0 Å². The van der Waals surface area contributed by atoms with E-state index in [1.807, 2.05) is 12.1 Å². The van der Waals surface area contributed by atoms with Crippen LogP contribution in [0.4, 0.5) is 5.69 Å². The van der Waals surface area contributed by atoms with Crippen LogP contribution >= 0.6 is 23.2 Å². The summed E-state index contributed by atoms with van der Waals surface area (Å²) in [4.78, 5) is 2.19. The maximum atomic E-state index is 6.23. The molecule has 0 bridgehead atoms. The number of nitrogens with zero attached hydrogens (tertiary/aromatic N) is 1. The van der Waals surface area contributed by atoms with E-state index in [1.165, 1.54) is 5.56 Å². The molecule has 2 N–H and O–H groups in total. The van der Waals surface area contributed by atoms with Gasteiger partial charge in [-0.05, 0) is 43.0 Å². The topological polar surface area (TPSA) is 29.3 Å². The van der Waals surface area contributed by atoms with Crippen molar-refractivity contribution in [3.8, 4) is 0 Å². The Hall–Kier alpha value is -0.440. The molecule has 1 aliphatic rings. The van der Waals surface area contributed by atoms with Gasteiger partial charge in [-0.25, -0.2) is 0 Å². The van der Waals surface area contributed by atoms with Gasteiger partial charge in [-0.3, -0.25) is 0 Å². The first-order valence-electron chi connectivity index (χ1n) is 5.51. The Morgan fingerprint density at radius 3 is 2.75 bits per heavy atom. The molecule has 0 radical (unpaired) electrons. The lowest BCUT2D eigenvalue weighted by atomic mass is 9.90. The molecule has 0 aromatic heterocycles. The predicted molar refractivity (Wildman–Crippen MR) is 70.6 cm³/mol. The molecule has 4 heteroatoms. The van der Waals surface area contributed by atoms with Gasteiger partial charge in [-0.1, -0.05) is 23.2 Å². The van der Waals surface area contributed by atoms with Crippen molar-refractivity contribution in [2.45, 2.75) is 12.8 Å². The Morgan fingerprint density at radius 1 is 1.38 bits per heavy atom. The summed E-state index contributed by atoms with van der Waals surface area (Å²) >= 11 is 12.4. The minimum Gasteiger partial charge on any atom is -0.373 e. The molecule has 1 atom stereocenters. The number of hydrogen-bond donors (Lipinski definition) is 1. The molecule has 88 valence electrons. The molecule has 1 aromatic rings. The normalized spacial score (nSPS) is 19.8. The van der Waals surface area contributed by atoms with Crippen molar-refractivity contribution >= 4 is 28.9 Å². The second-order valence-electron chi connectivity index (χ2n) is 4.38. The molecule has 0 spiro atoms. The van der Waals surface area contributed by atoms with Crippen LogP contribution < -0.4 is 10.6 Å². The van der Waals surface area contributed by atoms with Crippen LogP contribution in [0.25, 0.3) is 0 Å². The molecule has 0 saturated carbocycles. The molecule has 1 heterocycles. The third-order valence-corrected chi connectivity index (χ3v) is 3.82. The van der Waals surface area contributed by atoms with E-state index < -0.39 is 0 Å². The second-order valence-corrected chi connectivity index (χ2v) is 5.20. The summed E-state index contributed by atoms with van der Waals surface area (Å²) in [6.45, 7) is 1.73. The Kier molecular flexibility index (Phi) is 3.63. The van der Waals surface area contributed by atoms with Crippen molar-refractivity contribution in [1.82, 2.24) is 0 Å². The first kappa shape index (κ1) is 12.0. The fourth-order valence-electron chi connectivity index (χ4n) is 2.45. The van der Waals surface area contributed by atoms with Crippen molar-refractivity contribution in [3.63, 3.8) is 0 Å². The zero-order valence-electron chi connectivity index (χ0n) is 9.34. The van der Waals surface area contributed by atoms with E-state index in [2.05, 4.69) is 11.9 Å². The van der Waals surface area contributed by atoms with Gasteiger partial charge in [0.15, 0.2) is 0 Å². The van der Waals surface area contributed by atoms with Crippen LogP contribution in [-0.4, -0.2) is 20.1 Å². The molecular formula is C12H16Cl2N2. The molecule has 1 aromatic carbocycles. The van der Waals surface area contributed by atoms with Gasteiger partial charge >= 0.3 is 0 Å². The van der Waals surface area contributed by atoms with Crippen LogP contribution in [0.2, 0.25) is 10.0 Å². The first-order valence-corrected chi connectivity index (χ1v) is 6.27. The molecule has 2 nitrogen and oxygen atoms in total. The number of halogens is 2. The zero-order chi connectivity index (χ0) is 11.7. The average Bonchev–Trinajstić information content (AvgIpc) is 2.23. The van der Waals surface area contributed by atoms with Crippen molar-refractivity contribution in [2.24, 2.45) is 11.7 Å². The third-order valence-electron chi connectivity index (χ3n) is 3.16. The van der Waals surface area contributed by atoms with E-state index in [0.717, 1.165) is 41.7 Å². The smallest absolute Gasteiger partial charge is 0.0643 e. The SMILES string of the molecule is CN1CC(CCN)Cc2c(Cl)ccc(Cl)c21. The van der Waals surface area contributed by atoms with Crippen molar-refractivity contribution < 1.29 is 0 Å². The summed E-state index contributed by atoms with van der Waals surface area (Å²) in [5.74, 6) is 0.582. The van der Waals surface area contributed by atoms with Gasteiger partial charge in [-0.15, -0.1) is 0 Å². The third kappa shape index (κ3) is 2.15. The number of fused-ring (bicyclic) bond motifs is 1. The standard InChI is InChI=1S/C12H16Cl2N2/c1-16-7-8(4-5-15)6-9-10(13)2-3-11(14)12(9)16/h2-3,8H,4-7,15H2,1H3. The van der Waals surface area contributed by atoms with Crippen molar-refractivity contribution in [3.05, 3.63) is 27.7 Å². The van der Waals surface area contributed by atoms with Crippen molar-refractivity contribution in [2.75, 3.05) is 25.0 Å². The summed E-state index contributed by atoms with van der Waals surface area (Å²) in [6, 6.07) is 3.74. The molecule has 0 aliphatic carbocycles. The van der Waals surface area contributed by atoms with Gasteiger partial charge in [0.2, 0.25) is 0 Å². The highest BCUT2D eigenvalue weighted by Crippen LogP contribution is 2.39. The largest absolute Gasteiger partial charge is 0.373 e. The molecule has 2 rings (SSSR count). The van der Waals surface area contributed by atoms with E-state index in [0.29, 0.717) is 5.92 Å². The highest BCUT2D eigenvalue weighted by atomic mass is 35.5. The quantitative estimate of drug-likeness (QED) is 0.884. The van der Waals surface area contributed by atoms with Gasteiger partial charge in [0, 0.05) is 18.6 Å². The predicted octanol–water partition coefficient (Wildman–Crippen LogP) is 2.95. The van der Waals surface area contributed by atoms with Crippen LogP contribution in [0.1, 0.15) is 12.0 Å².